The topological polar surface area (TPSA) is 67.2 Å². The maximum absolute atomic E-state index is 13.0. The normalized spacial score (nSPS) is 12.1. The maximum Gasteiger partial charge on any atom is 0.253 e. The quantitative estimate of drug-likeness (QED) is 0.794. The molecule has 1 aromatic heterocycles. The van der Waals surface area contributed by atoms with Crippen LogP contribution in [-0.4, -0.2) is 27.3 Å². The number of carbonyl (C=O) groups excluding carboxylic acids is 1. The summed E-state index contributed by atoms with van der Waals surface area (Å²) in [4.78, 5) is 11.8. The molecule has 0 spiro atoms. The number of hydrogen-bond acceptors (Lipinski definition) is 3. The summed E-state index contributed by atoms with van der Waals surface area (Å²) in [6.07, 6.45) is 3.03. The van der Waals surface area contributed by atoms with Crippen LogP contribution in [0.1, 0.15) is 23.7 Å². The van der Waals surface area contributed by atoms with E-state index in [1.807, 2.05) is 13.1 Å². The standard InChI is InChI=1S/C15H18FN3O2/c1-11-9-18-19(10-11)7-3-6-17-15(21)14(20)12-4-2-5-13(16)8-12/h2,4-5,8-10,14,20H,3,6-7H2,1H3,(H,17,21). The molecule has 2 rings (SSSR count). The third-order valence-corrected chi connectivity index (χ3v) is 3.04. The van der Waals surface area contributed by atoms with Crippen molar-refractivity contribution in [2.24, 2.45) is 0 Å². The molecule has 0 aliphatic heterocycles. The van der Waals surface area contributed by atoms with Gasteiger partial charge < -0.3 is 10.4 Å². The number of amides is 1. The van der Waals surface area contributed by atoms with Crippen LogP contribution in [0.5, 0.6) is 0 Å². The number of halogens is 1. The zero-order chi connectivity index (χ0) is 15.2. The van der Waals surface area contributed by atoms with Crippen LogP contribution >= 0.6 is 0 Å². The Bertz CT molecular complexity index is 612. The third-order valence-electron chi connectivity index (χ3n) is 3.04. The van der Waals surface area contributed by atoms with E-state index in [-0.39, 0.29) is 5.56 Å². The van der Waals surface area contributed by atoms with E-state index in [2.05, 4.69) is 10.4 Å². The lowest BCUT2D eigenvalue weighted by molar-refractivity contribution is -0.129. The Morgan fingerprint density at radius 3 is 3.00 bits per heavy atom. The van der Waals surface area contributed by atoms with Gasteiger partial charge in [0.15, 0.2) is 6.10 Å². The number of carbonyl (C=O) groups is 1. The number of nitrogens with one attached hydrogen (secondary N) is 1. The van der Waals surface area contributed by atoms with Crippen LogP contribution in [0.4, 0.5) is 4.39 Å². The Balaban J connectivity index is 1.76. The first-order valence-corrected chi connectivity index (χ1v) is 6.76. The minimum Gasteiger partial charge on any atom is -0.378 e. The summed E-state index contributed by atoms with van der Waals surface area (Å²) in [5.74, 6) is -1.01. The summed E-state index contributed by atoms with van der Waals surface area (Å²) in [5, 5.41) is 16.6. The number of hydrogen-bond donors (Lipinski definition) is 2. The van der Waals surface area contributed by atoms with E-state index in [1.165, 1.54) is 18.2 Å². The average Bonchev–Trinajstić information content (AvgIpc) is 2.88. The van der Waals surface area contributed by atoms with Crippen LogP contribution in [0.25, 0.3) is 0 Å². The molecule has 1 amide bonds. The second-order valence-electron chi connectivity index (χ2n) is 4.88. The number of aliphatic hydroxyl groups is 1. The Kier molecular flexibility index (Phi) is 5.05. The summed E-state index contributed by atoms with van der Waals surface area (Å²) < 4.78 is 14.8. The molecule has 1 atom stereocenters. The number of nitrogens with zero attached hydrogens (tertiary/aromatic N) is 2. The first-order chi connectivity index (χ1) is 10.1. The Morgan fingerprint density at radius 2 is 2.33 bits per heavy atom. The molecular formula is C15H18FN3O2. The molecule has 1 unspecified atom stereocenters. The third kappa shape index (κ3) is 4.39. The van der Waals surface area contributed by atoms with Crippen LogP contribution in [0.3, 0.4) is 0 Å². The van der Waals surface area contributed by atoms with Crippen molar-refractivity contribution in [3.63, 3.8) is 0 Å². The molecule has 0 aliphatic carbocycles. The molecular weight excluding hydrogens is 273 g/mol. The van der Waals surface area contributed by atoms with E-state index in [1.54, 1.807) is 10.9 Å². The molecule has 0 aliphatic rings. The maximum atomic E-state index is 13.0. The SMILES string of the molecule is Cc1cnn(CCCNC(=O)C(O)c2cccc(F)c2)c1. The Labute approximate surface area is 122 Å². The number of aliphatic hydroxyl groups excluding tert-OH is 1. The van der Waals surface area contributed by atoms with E-state index >= 15 is 0 Å². The second-order valence-corrected chi connectivity index (χ2v) is 4.88. The second kappa shape index (κ2) is 6.99. The highest BCUT2D eigenvalue weighted by atomic mass is 19.1. The van der Waals surface area contributed by atoms with Crippen LogP contribution in [0, 0.1) is 12.7 Å². The van der Waals surface area contributed by atoms with Gasteiger partial charge in [-0.15, -0.1) is 0 Å². The monoisotopic (exact) mass is 291 g/mol. The van der Waals surface area contributed by atoms with Gasteiger partial charge in [-0.3, -0.25) is 9.48 Å². The lowest BCUT2D eigenvalue weighted by Gasteiger charge is -2.11. The molecule has 2 N–H and O–H groups in total. The fourth-order valence-corrected chi connectivity index (χ4v) is 1.97. The molecule has 0 fully saturated rings. The van der Waals surface area contributed by atoms with E-state index in [0.717, 1.165) is 11.6 Å². The predicted molar refractivity (Wildman–Crippen MR) is 76.0 cm³/mol. The van der Waals surface area contributed by atoms with Crippen molar-refractivity contribution in [1.29, 1.82) is 0 Å². The first kappa shape index (κ1) is 15.2. The van der Waals surface area contributed by atoms with Crippen molar-refractivity contribution < 1.29 is 14.3 Å². The highest BCUT2D eigenvalue weighted by Gasteiger charge is 2.16. The summed E-state index contributed by atoms with van der Waals surface area (Å²) >= 11 is 0. The largest absolute Gasteiger partial charge is 0.378 e. The van der Waals surface area contributed by atoms with Crippen LogP contribution in [0.2, 0.25) is 0 Å². The highest BCUT2D eigenvalue weighted by Crippen LogP contribution is 2.13. The minimum absolute atomic E-state index is 0.246. The lowest BCUT2D eigenvalue weighted by Crippen LogP contribution is -2.30. The molecule has 1 heterocycles. The average molecular weight is 291 g/mol. The number of benzene rings is 1. The molecule has 21 heavy (non-hydrogen) atoms. The van der Waals surface area contributed by atoms with Crippen LogP contribution in [0.15, 0.2) is 36.7 Å². The van der Waals surface area contributed by atoms with Crippen LogP contribution in [-0.2, 0) is 11.3 Å². The van der Waals surface area contributed by atoms with Gasteiger partial charge in [0, 0.05) is 19.3 Å². The molecule has 0 bridgehead atoms. The molecule has 112 valence electrons. The Morgan fingerprint density at radius 1 is 1.52 bits per heavy atom. The van der Waals surface area contributed by atoms with Gasteiger partial charge in [0.2, 0.25) is 0 Å². The summed E-state index contributed by atoms with van der Waals surface area (Å²) in [6, 6.07) is 5.39. The van der Waals surface area contributed by atoms with Crippen molar-refractivity contribution in [2.45, 2.75) is 26.0 Å². The molecule has 0 saturated carbocycles. The lowest BCUT2D eigenvalue weighted by atomic mass is 10.1. The van der Waals surface area contributed by atoms with Gasteiger partial charge in [0.25, 0.3) is 5.91 Å². The Hall–Kier alpha value is -2.21. The van der Waals surface area contributed by atoms with Crippen LogP contribution < -0.4 is 5.32 Å². The van der Waals surface area contributed by atoms with Crippen molar-refractivity contribution in [1.82, 2.24) is 15.1 Å². The van der Waals surface area contributed by atoms with Crippen molar-refractivity contribution >= 4 is 5.91 Å². The van der Waals surface area contributed by atoms with E-state index in [4.69, 9.17) is 0 Å². The zero-order valence-corrected chi connectivity index (χ0v) is 11.8. The van der Waals surface area contributed by atoms with Gasteiger partial charge >= 0.3 is 0 Å². The van der Waals surface area contributed by atoms with Crippen molar-refractivity contribution in [3.8, 4) is 0 Å². The fraction of sp³-hybridized carbons (Fsp3) is 0.333. The summed E-state index contributed by atoms with van der Waals surface area (Å²) in [5.41, 5.74) is 1.33. The molecule has 5 nitrogen and oxygen atoms in total. The van der Waals surface area contributed by atoms with Gasteiger partial charge in [-0.2, -0.15) is 5.10 Å². The van der Waals surface area contributed by atoms with E-state index in [9.17, 15) is 14.3 Å². The van der Waals surface area contributed by atoms with Gasteiger partial charge in [-0.05, 0) is 36.6 Å². The fourth-order valence-electron chi connectivity index (χ4n) is 1.97. The summed E-state index contributed by atoms with van der Waals surface area (Å²) in [7, 11) is 0. The first-order valence-electron chi connectivity index (χ1n) is 6.76. The zero-order valence-electron chi connectivity index (χ0n) is 11.8. The van der Waals surface area contributed by atoms with Crippen molar-refractivity contribution in [2.75, 3.05) is 6.54 Å². The minimum atomic E-state index is -1.35. The van der Waals surface area contributed by atoms with E-state index < -0.39 is 17.8 Å². The number of aromatic nitrogens is 2. The smallest absolute Gasteiger partial charge is 0.253 e. The predicted octanol–water partition coefficient (Wildman–Crippen LogP) is 1.57. The van der Waals surface area contributed by atoms with Gasteiger partial charge in [0.05, 0.1) is 6.20 Å². The van der Waals surface area contributed by atoms with Gasteiger partial charge in [-0.25, -0.2) is 4.39 Å². The summed E-state index contributed by atoms with van der Waals surface area (Å²) in [6.45, 7) is 3.06. The van der Waals surface area contributed by atoms with Gasteiger partial charge in [0.1, 0.15) is 5.82 Å². The van der Waals surface area contributed by atoms with E-state index in [0.29, 0.717) is 19.5 Å². The number of aryl methyl sites for hydroxylation is 2. The molecule has 0 radical (unpaired) electrons. The molecule has 1 aromatic carbocycles. The number of rotatable bonds is 6. The molecule has 2 aromatic rings. The van der Waals surface area contributed by atoms with Crippen molar-refractivity contribution in [3.05, 3.63) is 53.6 Å². The molecule has 0 saturated heterocycles. The highest BCUT2D eigenvalue weighted by molar-refractivity contribution is 5.81. The van der Waals surface area contributed by atoms with Gasteiger partial charge in [-0.1, -0.05) is 12.1 Å². The molecule has 6 heteroatoms.